The van der Waals surface area contributed by atoms with Gasteiger partial charge >= 0.3 is 0 Å². The van der Waals surface area contributed by atoms with E-state index in [1.807, 2.05) is 34.9 Å². The summed E-state index contributed by atoms with van der Waals surface area (Å²) < 4.78 is 1.95. The van der Waals surface area contributed by atoms with Crippen molar-refractivity contribution in [3.8, 4) is 0 Å². The summed E-state index contributed by atoms with van der Waals surface area (Å²) in [6, 6.07) is 17.3. The maximum atomic E-state index is 10.5. The molecule has 1 atom stereocenters. The second kappa shape index (κ2) is 6.12. The Balaban J connectivity index is 1.86. The van der Waals surface area contributed by atoms with Crippen LogP contribution in [0.2, 0.25) is 5.02 Å². The fourth-order valence-electron chi connectivity index (χ4n) is 2.29. The second-order valence-electron chi connectivity index (χ2n) is 4.89. The average molecular weight is 299 g/mol. The van der Waals surface area contributed by atoms with Crippen LogP contribution in [-0.2, 0) is 6.54 Å². The lowest BCUT2D eigenvalue weighted by Crippen LogP contribution is -2.09. The highest BCUT2D eigenvalue weighted by Crippen LogP contribution is 2.23. The van der Waals surface area contributed by atoms with E-state index in [-0.39, 0.29) is 0 Å². The molecule has 106 valence electrons. The minimum Gasteiger partial charge on any atom is -0.382 e. The standard InChI is InChI=1S/C17H15ClN2O/c18-15-8-6-14(7-9-15)17(21)16-10-19-12-20(16)11-13-4-2-1-3-5-13/h1-10,12,17,21H,11H2. The van der Waals surface area contributed by atoms with Crippen LogP contribution in [0.4, 0.5) is 0 Å². The summed E-state index contributed by atoms with van der Waals surface area (Å²) >= 11 is 5.88. The quantitative estimate of drug-likeness (QED) is 0.798. The Morgan fingerprint density at radius 1 is 1.05 bits per heavy atom. The summed E-state index contributed by atoms with van der Waals surface area (Å²) in [4.78, 5) is 4.16. The van der Waals surface area contributed by atoms with Gasteiger partial charge in [0.15, 0.2) is 0 Å². The van der Waals surface area contributed by atoms with Gasteiger partial charge in [-0.2, -0.15) is 0 Å². The van der Waals surface area contributed by atoms with E-state index < -0.39 is 6.10 Å². The number of halogens is 1. The highest BCUT2D eigenvalue weighted by Gasteiger charge is 2.15. The van der Waals surface area contributed by atoms with E-state index in [1.165, 1.54) is 5.56 Å². The number of aliphatic hydroxyl groups excluding tert-OH is 1. The molecule has 3 rings (SSSR count). The molecule has 2 aromatic carbocycles. The molecular formula is C17H15ClN2O. The Kier molecular flexibility index (Phi) is 4.04. The smallest absolute Gasteiger partial charge is 0.121 e. The van der Waals surface area contributed by atoms with E-state index in [0.29, 0.717) is 11.6 Å². The number of hydrogen-bond donors (Lipinski definition) is 1. The van der Waals surface area contributed by atoms with Crippen LogP contribution in [0.5, 0.6) is 0 Å². The largest absolute Gasteiger partial charge is 0.382 e. The molecule has 1 unspecified atom stereocenters. The number of imidazole rings is 1. The van der Waals surface area contributed by atoms with Crippen LogP contribution in [0.1, 0.15) is 22.9 Å². The number of rotatable bonds is 4. The fourth-order valence-corrected chi connectivity index (χ4v) is 2.41. The summed E-state index contributed by atoms with van der Waals surface area (Å²) in [6.07, 6.45) is 2.72. The number of benzene rings is 2. The Morgan fingerprint density at radius 2 is 1.76 bits per heavy atom. The second-order valence-corrected chi connectivity index (χ2v) is 5.32. The van der Waals surface area contributed by atoms with E-state index in [9.17, 15) is 5.11 Å². The fraction of sp³-hybridized carbons (Fsp3) is 0.118. The Labute approximate surface area is 128 Å². The average Bonchev–Trinajstić information content (AvgIpc) is 2.96. The van der Waals surface area contributed by atoms with Gasteiger partial charge in [0.2, 0.25) is 0 Å². The van der Waals surface area contributed by atoms with Gasteiger partial charge in [-0.1, -0.05) is 54.1 Å². The zero-order chi connectivity index (χ0) is 14.7. The minimum absolute atomic E-state index is 0.656. The summed E-state index contributed by atoms with van der Waals surface area (Å²) in [5.74, 6) is 0. The Hall–Kier alpha value is -2.10. The number of aliphatic hydroxyl groups is 1. The molecule has 0 amide bonds. The van der Waals surface area contributed by atoms with Gasteiger partial charge in [0.1, 0.15) is 6.10 Å². The van der Waals surface area contributed by atoms with Crippen LogP contribution in [0.25, 0.3) is 0 Å². The maximum absolute atomic E-state index is 10.5. The third-order valence-corrected chi connectivity index (χ3v) is 3.66. The van der Waals surface area contributed by atoms with Crippen LogP contribution in [-0.4, -0.2) is 14.7 Å². The molecule has 21 heavy (non-hydrogen) atoms. The molecule has 1 N–H and O–H groups in total. The van der Waals surface area contributed by atoms with Crippen molar-refractivity contribution in [3.05, 3.63) is 89.0 Å². The highest BCUT2D eigenvalue weighted by atomic mass is 35.5. The van der Waals surface area contributed by atoms with Crippen molar-refractivity contribution >= 4 is 11.6 Å². The van der Waals surface area contributed by atoms with E-state index in [2.05, 4.69) is 17.1 Å². The van der Waals surface area contributed by atoms with E-state index >= 15 is 0 Å². The molecule has 0 fully saturated rings. The van der Waals surface area contributed by atoms with Crippen molar-refractivity contribution in [1.82, 2.24) is 9.55 Å². The molecule has 0 aliphatic carbocycles. The van der Waals surface area contributed by atoms with Crippen molar-refractivity contribution < 1.29 is 5.11 Å². The van der Waals surface area contributed by atoms with E-state index in [0.717, 1.165) is 11.3 Å². The van der Waals surface area contributed by atoms with Crippen molar-refractivity contribution in [2.24, 2.45) is 0 Å². The Bertz CT molecular complexity index is 707. The summed E-state index contributed by atoms with van der Waals surface area (Å²) in [5.41, 5.74) is 2.73. The molecule has 4 heteroatoms. The zero-order valence-electron chi connectivity index (χ0n) is 11.4. The molecule has 0 radical (unpaired) electrons. The van der Waals surface area contributed by atoms with Crippen LogP contribution in [0.3, 0.4) is 0 Å². The lowest BCUT2D eigenvalue weighted by molar-refractivity contribution is 0.210. The first-order valence-corrected chi connectivity index (χ1v) is 7.09. The third-order valence-electron chi connectivity index (χ3n) is 3.41. The molecule has 3 nitrogen and oxygen atoms in total. The SMILES string of the molecule is OC(c1ccc(Cl)cc1)c1cncn1Cc1ccccc1. The molecule has 0 aliphatic heterocycles. The van der Waals surface area contributed by atoms with Crippen LogP contribution in [0, 0.1) is 0 Å². The number of hydrogen-bond acceptors (Lipinski definition) is 2. The first-order valence-electron chi connectivity index (χ1n) is 6.71. The predicted octanol–water partition coefficient (Wildman–Crippen LogP) is 3.67. The molecule has 1 heterocycles. The summed E-state index contributed by atoms with van der Waals surface area (Å²) in [6.45, 7) is 0.681. The molecular weight excluding hydrogens is 284 g/mol. The predicted molar refractivity (Wildman–Crippen MR) is 83.3 cm³/mol. The topological polar surface area (TPSA) is 38.1 Å². The van der Waals surface area contributed by atoms with Gasteiger partial charge in [-0.3, -0.25) is 0 Å². The van der Waals surface area contributed by atoms with E-state index in [1.54, 1.807) is 24.7 Å². The minimum atomic E-state index is -0.714. The van der Waals surface area contributed by atoms with Gasteiger partial charge in [0.25, 0.3) is 0 Å². The maximum Gasteiger partial charge on any atom is 0.121 e. The summed E-state index contributed by atoms with van der Waals surface area (Å²) in [5, 5.41) is 11.2. The normalized spacial score (nSPS) is 12.3. The van der Waals surface area contributed by atoms with Gasteiger partial charge in [-0.15, -0.1) is 0 Å². The molecule has 0 bridgehead atoms. The van der Waals surface area contributed by atoms with Crippen LogP contribution < -0.4 is 0 Å². The van der Waals surface area contributed by atoms with Gasteiger partial charge in [-0.25, -0.2) is 4.98 Å². The monoisotopic (exact) mass is 298 g/mol. The van der Waals surface area contributed by atoms with E-state index in [4.69, 9.17) is 11.6 Å². The molecule has 0 aliphatic rings. The van der Waals surface area contributed by atoms with Gasteiger partial charge in [0, 0.05) is 11.6 Å². The molecule has 0 spiro atoms. The lowest BCUT2D eigenvalue weighted by Gasteiger charge is -2.14. The van der Waals surface area contributed by atoms with Crippen LogP contribution >= 0.6 is 11.6 Å². The van der Waals surface area contributed by atoms with Crippen molar-refractivity contribution in [2.75, 3.05) is 0 Å². The first kappa shape index (κ1) is 13.9. The molecule has 0 saturated heterocycles. The summed E-state index contributed by atoms with van der Waals surface area (Å²) in [7, 11) is 0. The zero-order valence-corrected chi connectivity index (χ0v) is 12.1. The highest BCUT2D eigenvalue weighted by molar-refractivity contribution is 6.30. The molecule has 3 aromatic rings. The lowest BCUT2D eigenvalue weighted by atomic mass is 10.1. The number of nitrogens with zero attached hydrogens (tertiary/aromatic N) is 2. The van der Waals surface area contributed by atoms with Crippen molar-refractivity contribution in [1.29, 1.82) is 0 Å². The van der Waals surface area contributed by atoms with Crippen molar-refractivity contribution in [2.45, 2.75) is 12.6 Å². The molecule has 1 aromatic heterocycles. The Morgan fingerprint density at radius 3 is 2.48 bits per heavy atom. The first-order chi connectivity index (χ1) is 10.2. The van der Waals surface area contributed by atoms with Gasteiger partial charge in [0.05, 0.1) is 18.2 Å². The van der Waals surface area contributed by atoms with Crippen LogP contribution in [0.15, 0.2) is 67.1 Å². The third kappa shape index (κ3) is 3.15. The molecule has 0 saturated carbocycles. The van der Waals surface area contributed by atoms with Gasteiger partial charge in [-0.05, 0) is 23.3 Å². The van der Waals surface area contributed by atoms with Gasteiger partial charge < -0.3 is 9.67 Å². The van der Waals surface area contributed by atoms with Crippen molar-refractivity contribution in [3.63, 3.8) is 0 Å². The number of aromatic nitrogens is 2.